The highest BCUT2D eigenvalue weighted by Gasteiger charge is 2.33. The third kappa shape index (κ3) is 0.963. The standard InChI is InChI=1S/C10H10N2O/c1-2-4-9-8(3-1)10-7(6-13-9)5-11-12-10/h1-4,7,10H,5-6H2. The Balaban J connectivity index is 2.10. The van der Waals surface area contributed by atoms with Crippen LogP contribution in [0.4, 0.5) is 0 Å². The summed E-state index contributed by atoms with van der Waals surface area (Å²) in [7, 11) is 0. The number of fused-ring (bicyclic) bond motifs is 3. The van der Waals surface area contributed by atoms with Gasteiger partial charge >= 0.3 is 0 Å². The molecule has 0 saturated heterocycles. The molecule has 1 aromatic carbocycles. The lowest BCUT2D eigenvalue weighted by Gasteiger charge is -2.25. The van der Waals surface area contributed by atoms with Gasteiger partial charge in [-0.15, -0.1) is 0 Å². The highest BCUT2D eigenvalue weighted by molar-refractivity contribution is 5.38. The molecule has 1 aromatic rings. The fraction of sp³-hybridized carbons (Fsp3) is 0.400. The maximum atomic E-state index is 5.62. The van der Waals surface area contributed by atoms with Gasteiger partial charge in [0.05, 0.1) is 13.2 Å². The van der Waals surface area contributed by atoms with Gasteiger partial charge in [-0.2, -0.15) is 10.2 Å². The fourth-order valence-corrected chi connectivity index (χ4v) is 1.95. The van der Waals surface area contributed by atoms with Crippen molar-refractivity contribution in [3.63, 3.8) is 0 Å². The van der Waals surface area contributed by atoms with Crippen LogP contribution in [0.15, 0.2) is 34.5 Å². The van der Waals surface area contributed by atoms with Crippen molar-refractivity contribution in [3.8, 4) is 5.75 Å². The molecule has 0 fully saturated rings. The van der Waals surface area contributed by atoms with E-state index in [0.29, 0.717) is 5.92 Å². The second-order valence-corrected chi connectivity index (χ2v) is 3.49. The smallest absolute Gasteiger partial charge is 0.124 e. The van der Waals surface area contributed by atoms with Crippen LogP contribution in [0, 0.1) is 5.92 Å². The van der Waals surface area contributed by atoms with E-state index in [1.165, 1.54) is 5.56 Å². The summed E-state index contributed by atoms with van der Waals surface area (Å²) < 4.78 is 5.62. The topological polar surface area (TPSA) is 34.0 Å². The molecule has 0 saturated carbocycles. The van der Waals surface area contributed by atoms with Gasteiger partial charge in [-0.05, 0) is 6.07 Å². The lowest BCUT2D eigenvalue weighted by Crippen LogP contribution is -2.23. The maximum Gasteiger partial charge on any atom is 0.124 e. The summed E-state index contributed by atoms with van der Waals surface area (Å²) in [6.45, 7) is 1.58. The molecule has 66 valence electrons. The van der Waals surface area contributed by atoms with Crippen LogP contribution in [-0.2, 0) is 0 Å². The number of azo groups is 1. The van der Waals surface area contributed by atoms with Crippen molar-refractivity contribution < 1.29 is 4.74 Å². The molecule has 2 atom stereocenters. The lowest BCUT2D eigenvalue weighted by molar-refractivity contribution is 0.214. The monoisotopic (exact) mass is 174 g/mol. The minimum Gasteiger partial charge on any atom is -0.493 e. The molecule has 0 bridgehead atoms. The number of hydrogen-bond acceptors (Lipinski definition) is 3. The molecular formula is C10H10N2O. The third-order valence-electron chi connectivity index (χ3n) is 2.66. The second kappa shape index (κ2) is 2.55. The van der Waals surface area contributed by atoms with Crippen LogP contribution < -0.4 is 4.74 Å². The van der Waals surface area contributed by atoms with Gasteiger partial charge in [-0.25, -0.2) is 0 Å². The summed E-state index contributed by atoms with van der Waals surface area (Å²) in [6.07, 6.45) is 0. The number of ether oxygens (including phenoxy) is 1. The Morgan fingerprint density at radius 3 is 3.23 bits per heavy atom. The van der Waals surface area contributed by atoms with Gasteiger partial charge in [0.1, 0.15) is 11.8 Å². The van der Waals surface area contributed by atoms with Crippen molar-refractivity contribution >= 4 is 0 Å². The molecule has 13 heavy (non-hydrogen) atoms. The van der Waals surface area contributed by atoms with Gasteiger partial charge in [-0.1, -0.05) is 18.2 Å². The Morgan fingerprint density at radius 2 is 2.23 bits per heavy atom. The van der Waals surface area contributed by atoms with E-state index in [-0.39, 0.29) is 6.04 Å². The van der Waals surface area contributed by atoms with Crippen molar-refractivity contribution in [1.82, 2.24) is 0 Å². The van der Waals surface area contributed by atoms with Crippen LogP contribution in [0.5, 0.6) is 5.75 Å². The molecule has 2 aliphatic rings. The first-order valence-corrected chi connectivity index (χ1v) is 4.53. The fourth-order valence-electron chi connectivity index (χ4n) is 1.95. The summed E-state index contributed by atoms with van der Waals surface area (Å²) in [5.74, 6) is 1.44. The molecule has 2 unspecified atom stereocenters. The Kier molecular flexibility index (Phi) is 1.39. The Bertz CT molecular complexity index is 362. The van der Waals surface area contributed by atoms with Crippen LogP contribution in [0.25, 0.3) is 0 Å². The maximum absolute atomic E-state index is 5.62. The third-order valence-corrected chi connectivity index (χ3v) is 2.66. The number of benzene rings is 1. The first-order valence-electron chi connectivity index (χ1n) is 4.53. The molecule has 0 N–H and O–H groups in total. The number of nitrogens with zero attached hydrogens (tertiary/aromatic N) is 2. The van der Waals surface area contributed by atoms with Crippen molar-refractivity contribution in [2.24, 2.45) is 16.1 Å². The van der Waals surface area contributed by atoms with Crippen molar-refractivity contribution in [2.75, 3.05) is 13.2 Å². The lowest BCUT2D eigenvalue weighted by atomic mass is 9.92. The molecule has 0 radical (unpaired) electrons. The van der Waals surface area contributed by atoms with E-state index in [0.717, 1.165) is 18.9 Å². The van der Waals surface area contributed by atoms with Crippen LogP contribution in [0.1, 0.15) is 11.6 Å². The summed E-state index contributed by atoms with van der Waals surface area (Å²) in [4.78, 5) is 0. The van der Waals surface area contributed by atoms with Crippen LogP contribution in [-0.4, -0.2) is 13.2 Å². The van der Waals surface area contributed by atoms with E-state index in [4.69, 9.17) is 4.74 Å². The number of hydrogen-bond donors (Lipinski definition) is 0. The zero-order chi connectivity index (χ0) is 8.67. The van der Waals surface area contributed by atoms with E-state index in [2.05, 4.69) is 16.3 Å². The Labute approximate surface area is 76.4 Å². The second-order valence-electron chi connectivity index (χ2n) is 3.49. The van der Waals surface area contributed by atoms with Gasteiger partial charge in [-0.3, -0.25) is 0 Å². The summed E-state index contributed by atoms with van der Waals surface area (Å²) in [5, 5.41) is 8.32. The van der Waals surface area contributed by atoms with Crippen LogP contribution in [0.2, 0.25) is 0 Å². The molecule has 0 aliphatic carbocycles. The largest absolute Gasteiger partial charge is 0.493 e. The Morgan fingerprint density at radius 1 is 1.31 bits per heavy atom. The minimum absolute atomic E-state index is 0.255. The van der Waals surface area contributed by atoms with Gasteiger partial charge in [0, 0.05) is 11.5 Å². The molecule has 3 rings (SSSR count). The van der Waals surface area contributed by atoms with Gasteiger partial charge in [0.2, 0.25) is 0 Å². The predicted molar refractivity (Wildman–Crippen MR) is 47.9 cm³/mol. The van der Waals surface area contributed by atoms with Crippen molar-refractivity contribution in [2.45, 2.75) is 6.04 Å². The molecule has 0 aromatic heterocycles. The summed E-state index contributed by atoms with van der Waals surface area (Å²) in [5.41, 5.74) is 1.19. The Hall–Kier alpha value is -1.38. The normalized spacial score (nSPS) is 29.2. The molecule has 2 heterocycles. The van der Waals surface area contributed by atoms with Crippen LogP contribution in [0.3, 0.4) is 0 Å². The summed E-state index contributed by atoms with van der Waals surface area (Å²) in [6, 6.07) is 8.35. The van der Waals surface area contributed by atoms with Crippen LogP contribution >= 0.6 is 0 Å². The molecular weight excluding hydrogens is 164 g/mol. The van der Waals surface area contributed by atoms with E-state index in [1.54, 1.807) is 0 Å². The average molecular weight is 174 g/mol. The molecule has 0 amide bonds. The van der Waals surface area contributed by atoms with E-state index < -0.39 is 0 Å². The SMILES string of the molecule is c1ccc2c(c1)OCC1CN=NC21. The van der Waals surface area contributed by atoms with E-state index in [9.17, 15) is 0 Å². The zero-order valence-electron chi connectivity index (χ0n) is 7.18. The molecule has 0 spiro atoms. The summed E-state index contributed by atoms with van der Waals surface area (Å²) >= 11 is 0. The molecule has 2 aliphatic heterocycles. The number of para-hydroxylation sites is 1. The highest BCUT2D eigenvalue weighted by atomic mass is 16.5. The first kappa shape index (κ1) is 7.06. The minimum atomic E-state index is 0.255. The van der Waals surface area contributed by atoms with Gasteiger partial charge in [0.15, 0.2) is 0 Å². The first-order chi connectivity index (χ1) is 6.45. The average Bonchev–Trinajstić information content (AvgIpc) is 2.65. The number of rotatable bonds is 0. The van der Waals surface area contributed by atoms with Crippen molar-refractivity contribution in [1.29, 1.82) is 0 Å². The van der Waals surface area contributed by atoms with Gasteiger partial charge < -0.3 is 4.74 Å². The highest BCUT2D eigenvalue weighted by Crippen LogP contribution is 2.40. The molecule has 3 heteroatoms. The quantitative estimate of drug-likeness (QED) is 0.593. The van der Waals surface area contributed by atoms with Crippen molar-refractivity contribution in [3.05, 3.63) is 29.8 Å². The molecule has 3 nitrogen and oxygen atoms in total. The van der Waals surface area contributed by atoms with E-state index in [1.807, 2.05) is 18.2 Å². The van der Waals surface area contributed by atoms with Gasteiger partial charge in [0.25, 0.3) is 0 Å². The van der Waals surface area contributed by atoms with E-state index >= 15 is 0 Å². The predicted octanol–water partition coefficient (Wildman–Crippen LogP) is 2.20. The zero-order valence-corrected chi connectivity index (χ0v) is 7.18.